The van der Waals surface area contributed by atoms with Crippen LogP contribution in [0, 0.1) is 11.6 Å². The van der Waals surface area contributed by atoms with Crippen LogP contribution in [-0.2, 0) is 0 Å². The molecule has 0 spiro atoms. The third kappa shape index (κ3) is 4.26. The standard InChI is InChI=1S/C16H15F2N3O2/c1-9(13-6-5-11(17)8-14(13)18)20-15(22)10-3-2-4-12(7-10)21-16(19)23/h2-9H,1H3,(H,20,22)(H3,19,21,23). The fourth-order valence-electron chi connectivity index (χ4n) is 2.09. The second-order valence-electron chi connectivity index (χ2n) is 4.93. The van der Waals surface area contributed by atoms with Gasteiger partial charge in [0, 0.05) is 22.9 Å². The molecular formula is C16H15F2N3O2. The summed E-state index contributed by atoms with van der Waals surface area (Å²) in [5, 5.41) is 4.97. The molecule has 1 atom stereocenters. The summed E-state index contributed by atoms with van der Waals surface area (Å²) in [5.74, 6) is -1.88. The predicted molar refractivity (Wildman–Crippen MR) is 81.9 cm³/mol. The summed E-state index contributed by atoms with van der Waals surface area (Å²) in [4.78, 5) is 23.0. The van der Waals surface area contributed by atoms with Crippen LogP contribution in [0.25, 0.3) is 0 Å². The number of hydrogen-bond donors (Lipinski definition) is 3. The summed E-state index contributed by atoms with van der Waals surface area (Å²) < 4.78 is 26.6. The van der Waals surface area contributed by atoms with Gasteiger partial charge in [-0.2, -0.15) is 0 Å². The first kappa shape index (κ1) is 16.4. The maximum atomic E-state index is 13.7. The third-order valence-corrected chi connectivity index (χ3v) is 3.17. The van der Waals surface area contributed by atoms with E-state index in [2.05, 4.69) is 10.6 Å². The van der Waals surface area contributed by atoms with E-state index in [0.29, 0.717) is 5.69 Å². The maximum Gasteiger partial charge on any atom is 0.316 e. The third-order valence-electron chi connectivity index (χ3n) is 3.17. The van der Waals surface area contributed by atoms with Gasteiger partial charge in [-0.1, -0.05) is 12.1 Å². The number of hydrogen-bond acceptors (Lipinski definition) is 2. The van der Waals surface area contributed by atoms with Crippen LogP contribution < -0.4 is 16.4 Å². The van der Waals surface area contributed by atoms with E-state index in [0.717, 1.165) is 12.1 Å². The Morgan fingerprint density at radius 1 is 1.13 bits per heavy atom. The molecule has 120 valence electrons. The van der Waals surface area contributed by atoms with E-state index in [4.69, 9.17) is 5.73 Å². The molecule has 0 bridgehead atoms. The minimum atomic E-state index is -0.746. The first-order valence-corrected chi connectivity index (χ1v) is 6.79. The molecule has 7 heteroatoms. The van der Waals surface area contributed by atoms with Crippen molar-refractivity contribution < 1.29 is 18.4 Å². The van der Waals surface area contributed by atoms with Crippen molar-refractivity contribution in [2.24, 2.45) is 5.73 Å². The highest BCUT2D eigenvalue weighted by molar-refractivity contribution is 5.96. The van der Waals surface area contributed by atoms with Crippen LogP contribution in [0.2, 0.25) is 0 Å². The lowest BCUT2D eigenvalue weighted by Gasteiger charge is -2.15. The second kappa shape index (κ2) is 6.87. The van der Waals surface area contributed by atoms with E-state index in [9.17, 15) is 18.4 Å². The monoisotopic (exact) mass is 319 g/mol. The zero-order valence-corrected chi connectivity index (χ0v) is 12.3. The number of amides is 3. The number of rotatable bonds is 4. The number of primary amides is 1. The molecule has 2 rings (SSSR count). The van der Waals surface area contributed by atoms with E-state index >= 15 is 0 Å². The largest absolute Gasteiger partial charge is 0.351 e. The Morgan fingerprint density at radius 2 is 1.87 bits per heavy atom. The summed E-state index contributed by atoms with van der Waals surface area (Å²) in [7, 11) is 0. The van der Waals surface area contributed by atoms with Gasteiger partial charge in [-0.05, 0) is 31.2 Å². The van der Waals surface area contributed by atoms with Gasteiger partial charge in [-0.15, -0.1) is 0 Å². The highest BCUT2D eigenvalue weighted by Crippen LogP contribution is 2.19. The van der Waals surface area contributed by atoms with E-state index in [1.165, 1.54) is 18.2 Å². The van der Waals surface area contributed by atoms with Crippen LogP contribution in [0.4, 0.5) is 19.3 Å². The molecule has 0 radical (unpaired) electrons. The molecule has 0 saturated heterocycles. The zero-order valence-electron chi connectivity index (χ0n) is 12.3. The van der Waals surface area contributed by atoms with Gasteiger partial charge >= 0.3 is 6.03 Å². The lowest BCUT2D eigenvalue weighted by atomic mass is 10.1. The first-order valence-electron chi connectivity index (χ1n) is 6.79. The van der Waals surface area contributed by atoms with Crippen LogP contribution in [0.15, 0.2) is 42.5 Å². The average molecular weight is 319 g/mol. The molecule has 0 saturated carbocycles. The predicted octanol–water partition coefficient (Wildman–Crippen LogP) is 2.95. The molecule has 1 unspecified atom stereocenters. The van der Waals surface area contributed by atoms with E-state index in [1.54, 1.807) is 19.1 Å². The Bertz CT molecular complexity index is 750. The molecule has 5 nitrogen and oxygen atoms in total. The van der Waals surface area contributed by atoms with Crippen LogP contribution in [0.3, 0.4) is 0 Å². The van der Waals surface area contributed by atoms with E-state index in [1.807, 2.05) is 0 Å². The summed E-state index contributed by atoms with van der Waals surface area (Å²) in [6.07, 6.45) is 0. The van der Waals surface area contributed by atoms with Crippen molar-refractivity contribution in [3.8, 4) is 0 Å². The van der Waals surface area contributed by atoms with Gasteiger partial charge in [0.25, 0.3) is 5.91 Å². The average Bonchev–Trinajstić information content (AvgIpc) is 2.46. The highest BCUT2D eigenvalue weighted by atomic mass is 19.1. The fraction of sp³-hybridized carbons (Fsp3) is 0.125. The maximum absolute atomic E-state index is 13.7. The number of urea groups is 1. The molecule has 0 aromatic heterocycles. The van der Waals surface area contributed by atoms with Gasteiger partial charge in [0.15, 0.2) is 0 Å². The lowest BCUT2D eigenvalue weighted by Crippen LogP contribution is -2.27. The molecular weight excluding hydrogens is 304 g/mol. The quantitative estimate of drug-likeness (QED) is 0.809. The van der Waals surface area contributed by atoms with Crippen LogP contribution in [0.1, 0.15) is 28.9 Å². The SMILES string of the molecule is CC(NC(=O)c1cccc(NC(N)=O)c1)c1ccc(F)cc1F. The summed E-state index contributed by atoms with van der Waals surface area (Å²) in [5.41, 5.74) is 5.82. The molecule has 0 heterocycles. The Labute approximate surface area is 131 Å². The number of carbonyl (C=O) groups is 2. The van der Waals surface area contributed by atoms with Gasteiger partial charge in [0.1, 0.15) is 11.6 Å². The van der Waals surface area contributed by atoms with E-state index < -0.39 is 29.6 Å². The van der Waals surface area contributed by atoms with Crippen molar-refractivity contribution >= 4 is 17.6 Å². The molecule has 0 fully saturated rings. The summed E-state index contributed by atoms with van der Waals surface area (Å²) in [6.45, 7) is 1.58. The summed E-state index contributed by atoms with van der Waals surface area (Å²) >= 11 is 0. The normalized spacial score (nSPS) is 11.6. The molecule has 4 N–H and O–H groups in total. The molecule has 0 aliphatic carbocycles. The molecule has 0 aliphatic rings. The van der Waals surface area contributed by atoms with Gasteiger partial charge in [0.2, 0.25) is 0 Å². The molecule has 3 amide bonds. The van der Waals surface area contributed by atoms with Gasteiger partial charge in [0.05, 0.1) is 6.04 Å². The van der Waals surface area contributed by atoms with Crippen molar-refractivity contribution in [2.45, 2.75) is 13.0 Å². The molecule has 23 heavy (non-hydrogen) atoms. The number of benzene rings is 2. The highest BCUT2D eigenvalue weighted by Gasteiger charge is 2.15. The zero-order chi connectivity index (χ0) is 17.0. The van der Waals surface area contributed by atoms with Crippen molar-refractivity contribution in [2.75, 3.05) is 5.32 Å². The van der Waals surface area contributed by atoms with Crippen LogP contribution in [0.5, 0.6) is 0 Å². The lowest BCUT2D eigenvalue weighted by molar-refractivity contribution is 0.0939. The number of halogens is 2. The number of carbonyl (C=O) groups excluding carboxylic acids is 2. The van der Waals surface area contributed by atoms with Gasteiger partial charge < -0.3 is 16.4 Å². The Balaban J connectivity index is 2.13. The van der Waals surface area contributed by atoms with Crippen LogP contribution >= 0.6 is 0 Å². The van der Waals surface area contributed by atoms with Crippen molar-refractivity contribution in [3.63, 3.8) is 0 Å². The minimum absolute atomic E-state index is 0.172. The van der Waals surface area contributed by atoms with Crippen molar-refractivity contribution in [3.05, 3.63) is 65.2 Å². The smallest absolute Gasteiger partial charge is 0.316 e. The topological polar surface area (TPSA) is 84.2 Å². The summed E-state index contributed by atoms with van der Waals surface area (Å²) in [6, 6.07) is 7.88. The van der Waals surface area contributed by atoms with Gasteiger partial charge in [-0.3, -0.25) is 4.79 Å². The first-order chi connectivity index (χ1) is 10.9. The van der Waals surface area contributed by atoms with Crippen molar-refractivity contribution in [1.82, 2.24) is 5.32 Å². The number of anilines is 1. The van der Waals surface area contributed by atoms with Crippen molar-refractivity contribution in [1.29, 1.82) is 0 Å². The molecule has 0 aliphatic heterocycles. The van der Waals surface area contributed by atoms with E-state index in [-0.39, 0.29) is 11.1 Å². The Hall–Kier alpha value is -2.96. The fourth-order valence-corrected chi connectivity index (χ4v) is 2.09. The second-order valence-corrected chi connectivity index (χ2v) is 4.93. The number of nitrogens with two attached hydrogens (primary N) is 1. The molecule has 2 aromatic carbocycles. The van der Waals surface area contributed by atoms with Crippen LogP contribution in [-0.4, -0.2) is 11.9 Å². The number of nitrogens with one attached hydrogen (secondary N) is 2. The minimum Gasteiger partial charge on any atom is -0.351 e. The molecule has 2 aromatic rings. The Kier molecular flexibility index (Phi) is 4.90. The Morgan fingerprint density at radius 3 is 2.52 bits per heavy atom. The van der Waals surface area contributed by atoms with Gasteiger partial charge in [-0.25, -0.2) is 13.6 Å².